The summed E-state index contributed by atoms with van der Waals surface area (Å²) in [5.41, 5.74) is 0.785. The molecule has 1 fully saturated rings. The molecule has 1 aromatic rings. The number of hydrogen-bond acceptors (Lipinski definition) is 3. The maximum atomic E-state index is 12.1. The van der Waals surface area contributed by atoms with Crippen molar-refractivity contribution >= 4 is 11.7 Å². The molecule has 0 aromatic heterocycles. The van der Waals surface area contributed by atoms with Gasteiger partial charge in [-0.05, 0) is 31.8 Å². The molecule has 1 saturated heterocycles. The molecular weight excluding hydrogens is 252 g/mol. The highest BCUT2D eigenvalue weighted by molar-refractivity contribution is 5.97. The predicted octanol–water partition coefficient (Wildman–Crippen LogP) is 1.72. The van der Waals surface area contributed by atoms with E-state index in [-0.39, 0.29) is 11.7 Å². The van der Waals surface area contributed by atoms with Crippen LogP contribution in [0.5, 0.6) is 0 Å². The number of carbonyl (C=O) groups is 2. The standard InChI is InChI=1S/C16H22N2O2/c1-13(19)17-11-14-7-9-18(10-8-14)12-16(20)15-5-3-2-4-6-15/h2-6,14H,7-12H2,1H3,(H,17,19). The van der Waals surface area contributed by atoms with E-state index in [9.17, 15) is 9.59 Å². The van der Waals surface area contributed by atoms with E-state index < -0.39 is 0 Å². The Balaban J connectivity index is 1.74. The number of piperidine rings is 1. The van der Waals surface area contributed by atoms with Crippen LogP contribution in [0.25, 0.3) is 0 Å². The predicted molar refractivity (Wildman–Crippen MR) is 78.6 cm³/mol. The van der Waals surface area contributed by atoms with E-state index in [1.807, 2.05) is 30.3 Å². The summed E-state index contributed by atoms with van der Waals surface area (Å²) in [6.07, 6.45) is 2.09. The van der Waals surface area contributed by atoms with E-state index in [2.05, 4.69) is 10.2 Å². The molecule has 0 unspecified atom stereocenters. The van der Waals surface area contributed by atoms with Crippen molar-refractivity contribution in [1.82, 2.24) is 10.2 Å². The number of amides is 1. The Hall–Kier alpha value is -1.68. The van der Waals surface area contributed by atoms with E-state index in [0.29, 0.717) is 12.5 Å². The van der Waals surface area contributed by atoms with E-state index in [1.165, 1.54) is 0 Å². The molecule has 4 heteroatoms. The number of benzene rings is 1. The number of nitrogens with zero attached hydrogens (tertiary/aromatic N) is 1. The van der Waals surface area contributed by atoms with Gasteiger partial charge in [0, 0.05) is 19.0 Å². The summed E-state index contributed by atoms with van der Waals surface area (Å²) >= 11 is 0. The highest BCUT2D eigenvalue weighted by atomic mass is 16.1. The average molecular weight is 274 g/mol. The molecule has 1 aliphatic heterocycles. The minimum absolute atomic E-state index is 0.0340. The normalized spacial score (nSPS) is 16.9. The van der Waals surface area contributed by atoms with Crippen LogP contribution in [-0.2, 0) is 4.79 Å². The van der Waals surface area contributed by atoms with Gasteiger partial charge in [-0.15, -0.1) is 0 Å². The fraction of sp³-hybridized carbons (Fsp3) is 0.500. The van der Waals surface area contributed by atoms with E-state index >= 15 is 0 Å². The molecule has 4 nitrogen and oxygen atoms in total. The molecule has 1 amide bonds. The third kappa shape index (κ3) is 4.46. The zero-order valence-corrected chi connectivity index (χ0v) is 12.0. The molecular formula is C16H22N2O2. The SMILES string of the molecule is CC(=O)NCC1CCN(CC(=O)c2ccccc2)CC1. The zero-order valence-electron chi connectivity index (χ0n) is 12.0. The highest BCUT2D eigenvalue weighted by Crippen LogP contribution is 2.16. The highest BCUT2D eigenvalue weighted by Gasteiger charge is 2.21. The molecule has 1 aromatic carbocycles. The van der Waals surface area contributed by atoms with Gasteiger partial charge < -0.3 is 5.32 Å². The number of Topliss-reactive ketones (excluding diaryl/α,β-unsaturated/α-hetero) is 1. The lowest BCUT2D eigenvalue weighted by Gasteiger charge is -2.31. The number of likely N-dealkylation sites (tertiary alicyclic amines) is 1. The fourth-order valence-electron chi connectivity index (χ4n) is 2.56. The van der Waals surface area contributed by atoms with Crippen LogP contribution in [-0.4, -0.2) is 42.8 Å². The Labute approximate surface area is 120 Å². The summed E-state index contributed by atoms with van der Waals surface area (Å²) in [6.45, 7) is 4.67. The molecule has 1 N–H and O–H groups in total. The largest absolute Gasteiger partial charge is 0.356 e. The maximum absolute atomic E-state index is 12.1. The first kappa shape index (κ1) is 14.7. The van der Waals surface area contributed by atoms with Crippen molar-refractivity contribution < 1.29 is 9.59 Å². The van der Waals surface area contributed by atoms with Crippen molar-refractivity contribution in [3.05, 3.63) is 35.9 Å². The quantitative estimate of drug-likeness (QED) is 0.832. The lowest BCUT2D eigenvalue weighted by Crippen LogP contribution is -2.40. The molecule has 1 heterocycles. The molecule has 2 rings (SSSR count). The Bertz CT molecular complexity index is 451. The van der Waals surface area contributed by atoms with Crippen LogP contribution in [0.1, 0.15) is 30.1 Å². The van der Waals surface area contributed by atoms with Crippen LogP contribution >= 0.6 is 0 Å². The molecule has 20 heavy (non-hydrogen) atoms. The molecule has 0 saturated carbocycles. The van der Waals surface area contributed by atoms with Gasteiger partial charge in [0.05, 0.1) is 6.54 Å². The van der Waals surface area contributed by atoms with Gasteiger partial charge in [-0.2, -0.15) is 0 Å². The maximum Gasteiger partial charge on any atom is 0.216 e. The second-order valence-electron chi connectivity index (χ2n) is 5.45. The minimum atomic E-state index is 0.0340. The van der Waals surface area contributed by atoms with Gasteiger partial charge in [0.15, 0.2) is 5.78 Å². The van der Waals surface area contributed by atoms with Crippen molar-refractivity contribution in [2.45, 2.75) is 19.8 Å². The van der Waals surface area contributed by atoms with E-state index in [1.54, 1.807) is 6.92 Å². The van der Waals surface area contributed by atoms with Crippen molar-refractivity contribution in [1.29, 1.82) is 0 Å². The number of rotatable bonds is 5. The van der Waals surface area contributed by atoms with E-state index in [0.717, 1.165) is 38.0 Å². The average Bonchev–Trinajstić information content (AvgIpc) is 2.47. The van der Waals surface area contributed by atoms with Gasteiger partial charge in [0.1, 0.15) is 0 Å². The second-order valence-corrected chi connectivity index (χ2v) is 5.45. The number of nitrogens with one attached hydrogen (secondary N) is 1. The summed E-state index contributed by atoms with van der Waals surface area (Å²) in [7, 11) is 0. The lowest BCUT2D eigenvalue weighted by molar-refractivity contribution is -0.119. The summed E-state index contributed by atoms with van der Waals surface area (Å²) in [6, 6.07) is 9.45. The van der Waals surface area contributed by atoms with E-state index in [4.69, 9.17) is 0 Å². The third-order valence-corrected chi connectivity index (χ3v) is 3.81. The van der Waals surface area contributed by atoms with Crippen molar-refractivity contribution in [2.75, 3.05) is 26.2 Å². The summed E-state index contributed by atoms with van der Waals surface area (Å²) in [5, 5.41) is 2.87. The van der Waals surface area contributed by atoms with Gasteiger partial charge in [-0.25, -0.2) is 0 Å². The topological polar surface area (TPSA) is 49.4 Å². The first-order chi connectivity index (χ1) is 9.65. The van der Waals surface area contributed by atoms with Crippen molar-refractivity contribution in [2.24, 2.45) is 5.92 Å². The zero-order chi connectivity index (χ0) is 14.4. The van der Waals surface area contributed by atoms with Crippen LogP contribution in [0.4, 0.5) is 0 Å². The van der Waals surface area contributed by atoms with Crippen LogP contribution in [0.3, 0.4) is 0 Å². The Kier molecular flexibility index (Phi) is 5.30. The molecule has 0 radical (unpaired) electrons. The molecule has 0 aliphatic carbocycles. The number of ketones is 1. The first-order valence-electron chi connectivity index (χ1n) is 7.20. The van der Waals surface area contributed by atoms with Crippen LogP contribution in [0, 0.1) is 5.92 Å². The van der Waals surface area contributed by atoms with Crippen LogP contribution in [0.15, 0.2) is 30.3 Å². The summed E-state index contributed by atoms with van der Waals surface area (Å²) < 4.78 is 0. The first-order valence-corrected chi connectivity index (χ1v) is 7.20. The Morgan fingerprint density at radius 1 is 1.20 bits per heavy atom. The van der Waals surface area contributed by atoms with Gasteiger partial charge in [0.25, 0.3) is 0 Å². The lowest BCUT2D eigenvalue weighted by atomic mass is 9.96. The molecule has 108 valence electrons. The fourth-order valence-corrected chi connectivity index (χ4v) is 2.56. The van der Waals surface area contributed by atoms with Gasteiger partial charge in [-0.3, -0.25) is 14.5 Å². The Morgan fingerprint density at radius 3 is 2.45 bits per heavy atom. The molecule has 0 bridgehead atoms. The van der Waals surface area contributed by atoms with Gasteiger partial charge in [-0.1, -0.05) is 30.3 Å². The Morgan fingerprint density at radius 2 is 1.85 bits per heavy atom. The summed E-state index contributed by atoms with van der Waals surface area (Å²) in [5.74, 6) is 0.763. The van der Waals surface area contributed by atoms with Gasteiger partial charge >= 0.3 is 0 Å². The third-order valence-electron chi connectivity index (χ3n) is 3.81. The number of hydrogen-bond donors (Lipinski definition) is 1. The van der Waals surface area contributed by atoms with Gasteiger partial charge in [0.2, 0.25) is 5.91 Å². The smallest absolute Gasteiger partial charge is 0.216 e. The number of carbonyl (C=O) groups excluding carboxylic acids is 2. The van der Waals surface area contributed by atoms with Crippen molar-refractivity contribution in [3.63, 3.8) is 0 Å². The van der Waals surface area contributed by atoms with Crippen LogP contribution < -0.4 is 5.32 Å². The van der Waals surface area contributed by atoms with Crippen molar-refractivity contribution in [3.8, 4) is 0 Å². The minimum Gasteiger partial charge on any atom is -0.356 e. The molecule has 0 spiro atoms. The monoisotopic (exact) mass is 274 g/mol. The second kappa shape index (κ2) is 7.20. The molecule has 0 atom stereocenters. The summed E-state index contributed by atoms with van der Waals surface area (Å²) in [4.78, 5) is 25.2. The van der Waals surface area contributed by atoms with Crippen LogP contribution in [0.2, 0.25) is 0 Å². The molecule has 1 aliphatic rings.